The molecule has 15 nitrogen and oxygen atoms in total. The van der Waals surface area contributed by atoms with Crippen molar-refractivity contribution in [2.75, 3.05) is 37.9 Å². The number of ether oxygens (including phenoxy) is 4. The quantitative estimate of drug-likeness (QED) is 0.0882. The highest BCUT2D eigenvalue weighted by molar-refractivity contribution is 6.34. The van der Waals surface area contributed by atoms with Crippen LogP contribution >= 0.6 is 23.2 Å². The Labute approximate surface area is 329 Å². The van der Waals surface area contributed by atoms with E-state index in [9.17, 15) is 20.0 Å². The average Bonchev–Trinajstić information content (AvgIpc) is 4.03. The molecule has 0 aliphatic carbocycles. The van der Waals surface area contributed by atoms with Crippen molar-refractivity contribution in [2.45, 2.75) is 6.10 Å². The highest BCUT2D eigenvalue weighted by atomic mass is 35.5. The second-order valence-electron chi connectivity index (χ2n) is 11.8. The second kappa shape index (κ2) is 17.4. The van der Waals surface area contributed by atoms with Crippen LogP contribution in [-0.4, -0.2) is 60.5 Å². The van der Waals surface area contributed by atoms with Crippen molar-refractivity contribution in [1.29, 1.82) is 10.5 Å². The number of carbonyl (C=O) groups excluding carboxylic acids is 2. The third-order valence-corrected chi connectivity index (χ3v) is 8.60. The Morgan fingerprint density at radius 1 is 0.768 bits per heavy atom. The first-order chi connectivity index (χ1) is 27.1. The summed E-state index contributed by atoms with van der Waals surface area (Å²) in [5, 5.41) is 40.4. The van der Waals surface area contributed by atoms with E-state index in [1.165, 1.54) is 32.4 Å². The maximum atomic E-state index is 11.5. The van der Waals surface area contributed by atoms with Crippen molar-refractivity contribution in [3.8, 4) is 46.6 Å². The number of nitrogens with zero attached hydrogens (tertiary/aromatic N) is 4. The molecule has 4 aromatic carbocycles. The lowest BCUT2D eigenvalue weighted by molar-refractivity contribution is 0.253. The van der Waals surface area contributed by atoms with E-state index in [2.05, 4.69) is 37.3 Å². The van der Waals surface area contributed by atoms with Gasteiger partial charge < -0.3 is 45.3 Å². The molecule has 5 N–H and O–H groups in total. The van der Waals surface area contributed by atoms with Gasteiger partial charge in [-0.3, -0.25) is 9.97 Å². The smallest absolute Gasteiger partial charge is 0.319 e. The van der Waals surface area contributed by atoms with Crippen LogP contribution in [0.5, 0.6) is 34.5 Å². The SMILES string of the molecule is CNC(=O)Nc1ccc(Oc2ccnc3cc(O)c(C#N)cc23)cc1Cl.CNC(=O)Nc1ccc(Oc2ccnc3cc(OC[C@H]4CO4)c(C#N)cc23)cc1Cl. The molecular weight excluding hydrogens is 763 g/mol. The van der Waals surface area contributed by atoms with Crippen molar-refractivity contribution < 1.29 is 33.6 Å². The molecule has 2 aromatic heterocycles. The van der Waals surface area contributed by atoms with Gasteiger partial charge in [-0.2, -0.15) is 10.5 Å². The van der Waals surface area contributed by atoms with Crippen LogP contribution in [-0.2, 0) is 4.74 Å². The summed E-state index contributed by atoms with van der Waals surface area (Å²) in [5.41, 5.74) is 2.51. The number of fused-ring (bicyclic) bond motifs is 2. The molecule has 1 atom stereocenters. The zero-order chi connectivity index (χ0) is 39.8. The monoisotopic (exact) mass is 792 g/mol. The van der Waals surface area contributed by atoms with E-state index in [0.717, 1.165) is 0 Å². The molecule has 3 heterocycles. The van der Waals surface area contributed by atoms with Gasteiger partial charge in [0.2, 0.25) is 0 Å². The van der Waals surface area contributed by atoms with Crippen LogP contribution in [0.1, 0.15) is 11.1 Å². The third kappa shape index (κ3) is 9.36. The average molecular weight is 794 g/mol. The number of anilines is 2. The highest BCUT2D eigenvalue weighted by Crippen LogP contribution is 2.37. The summed E-state index contributed by atoms with van der Waals surface area (Å²) >= 11 is 12.4. The molecule has 282 valence electrons. The van der Waals surface area contributed by atoms with Crippen LogP contribution in [0.2, 0.25) is 10.0 Å². The van der Waals surface area contributed by atoms with E-state index in [1.54, 1.807) is 66.9 Å². The van der Waals surface area contributed by atoms with Crippen molar-refractivity contribution in [3.63, 3.8) is 0 Å². The standard InChI is InChI=1S/C21H17ClN4O4.C18H13ClN4O3/c1-24-21(27)26-17-3-2-13(7-16(17)22)30-19-4-5-25-18-8-20(29-11-14-10-28-14)12(9-23)6-15(18)19;1-21-18(25)23-14-3-2-11(7-13(14)19)26-17-4-5-22-15-8-16(24)10(9-20)6-12(15)17/h2-8,14H,10-11H2,1H3,(H2,24,26,27);2-8,24H,1H3,(H2,21,23,25)/t14-;/m1./s1. The number of hydrogen-bond acceptors (Lipinski definition) is 11. The molecule has 1 saturated heterocycles. The number of aromatic nitrogens is 2. The van der Waals surface area contributed by atoms with Gasteiger partial charge in [-0.15, -0.1) is 0 Å². The molecular formula is C39H30Cl2N8O7. The topological polar surface area (TPSA) is 216 Å². The van der Waals surface area contributed by atoms with E-state index in [1.807, 2.05) is 6.07 Å². The molecule has 0 unspecified atom stereocenters. The molecule has 7 rings (SSSR count). The van der Waals surface area contributed by atoms with Crippen LogP contribution in [0, 0.1) is 22.7 Å². The van der Waals surface area contributed by atoms with Gasteiger partial charge in [-0.1, -0.05) is 23.2 Å². The number of phenolic OH excluding ortho intramolecular Hbond substituents is 1. The summed E-state index contributed by atoms with van der Waals surface area (Å²) in [6, 6.07) is 22.7. The van der Waals surface area contributed by atoms with E-state index in [4.69, 9.17) is 47.4 Å². The van der Waals surface area contributed by atoms with Crippen LogP contribution in [0.4, 0.5) is 21.0 Å². The fraction of sp³-hybridized carbons (Fsp3) is 0.128. The Morgan fingerprint density at radius 2 is 1.27 bits per heavy atom. The van der Waals surface area contributed by atoms with Crippen molar-refractivity contribution in [1.82, 2.24) is 20.6 Å². The summed E-state index contributed by atoms with van der Waals surface area (Å²) < 4.78 is 22.7. The summed E-state index contributed by atoms with van der Waals surface area (Å²) in [5.74, 6) is 2.19. The summed E-state index contributed by atoms with van der Waals surface area (Å²) in [6.45, 7) is 1.07. The van der Waals surface area contributed by atoms with Crippen LogP contribution in [0.25, 0.3) is 21.8 Å². The van der Waals surface area contributed by atoms with Gasteiger partial charge in [-0.05, 0) is 48.5 Å². The Balaban J connectivity index is 0.000000192. The predicted molar refractivity (Wildman–Crippen MR) is 209 cm³/mol. The molecule has 1 aliphatic heterocycles. The molecule has 4 amide bonds. The van der Waals surface area contributed by atoms with Crippen LogP contribution in [0.15, 0.2) is 85.2 Å². The number of halogens is 2. The van der Waals surface area contributed by atoms with E-state index < -0.39 is 0 Å². The fourth-order valence-corrected chi connectivity index (χ4v) is 5.51. The normalized spacial score (nSPS) is 12.6. The molecule has 0 spiro atoms. The number of rotatable bonds is 9. The number of amides is 4. The number of nitrogens with one attached hydrogen (secondary N) is 4. The number of nitriles is 2. The summed E-state index contributed by atoms with van der Waals surface area (Å²) in [7, 11) is 3.02. The number of phenols is 1. The van der Waals surface area contributed by atoms with Gasteiger partial charge in [0.05, 0.1) is 50.2 Å². The largest absolute Gasteiger partial charge is 0.506 e. The summed E-state index contributed by atoms with van der Waals surface area (Å²) in [6.07, 6.45) is 3.23. The molecule has 0 saturated carbocycles. The summed E-state index contributed by atoms with van der Waals surface area (Å²) in [4.78, 5) is 31.4. The van der Waals surface area contributed by atoms with Crippen LogP contribution in [0.3, 0.4) is 0 Å². The van der Waals surface area contributed by atoms with Gasteiger partial charge in [0, 0.05) is 61.5 Å². The number of aromatic hydroxyl groups is 1. The number of epoxide rings is 1. The minimum atomic E-state index is -0.385. The minimum Gasteiger partial charge on any atom is -0.506 e. The molecule has 1 fully saturated rings. The first kappa shape index (κ1) is 38.7. The molecule has 1 aliphatic rings. The fourth-order valence-electron chi connectivity index (χ4n) is 5.07. The van der Waals surface area contributed by atoms with Gasteiger partial charge in [-0.25, -0.2) is 9.59 Å². The lowest BCUT2D eigenvalue weighted by Gasteiger charge is -2.13. The Bertz CT molecular complexity index is 2560. The number of benzene rings is 4. The van der Waals surface area contributed by atoms with E-state index in [0.29, 0.717) is 90.8 Å². The molecule has 0 bridgehead atoms. The second-order valence-corrected chi connectivity index (χ2v) is 12.6. The van der Waals surface area contributed by atoms with Gasteiger partial charge >= 0.3 is 12.1 Å². The van der Waals surface area contributed by atoms with Crippen molar-refractivity contribution >= 4 is 68.4 Å². The number of urea groups is 2. The maximum absolute atomic E-state index is 11.5. The molecule has 56 heavy (non-hydrogen) atoms. The zero-order valence-electron chi connectivity index (χ0n) is 29.5. The van der Waals surface area contributed by atoms with E-state index in [-0.39, 0.29) is 29.5 Å². The van der Waals surface area contributed by atoms with Gasteiger partial charge in [0.15, 0.2) is 0 Å². The lowest BCUT2D eigenvalue weighted by Crippen LogP contribution is -2.24. The number of carbonyl (C=O) groups is 2. The van der Waals surface area contributed by atoms with Crippen molar-refractivity contribution in [3.05, 3.63) is 106 Å². The zero-order valence-corrected chi connectivity index (χ0v) is 31.0. The highest BCUT2D eigenvalue weighted by Gasteiger charge is 2.24. The number of hydrogen-bond donors (Lipinski definition) is 5. The first-order valence-corrected chi connectivity index (χ1v) is 17.4. The molecule has 0 radical (unpaired) electrons. The molecule has 17 heteroatoms. The van der Waals surface area contributed by atoms with E-state index >= 15 is 0 Å². The third-order valence-electron chi connectivity index (χ3n) is 7.98. The molecule has 6 aromatic rings. The van der Waals surface area contributed by atoms with Gasteiger partial charge in [0.1, 0.15) is 59.3 Å². The maximum Gasteiger partial charge on any atom is 0.319 e. The van der Waals surface area contributed by atoms with Crippen molar-refractivity contribution in [2.24, 2.45) is 0 Å². The minimum absolute atomic E-state index is 0.0838. The first-order valence-electron chi connectivity index (χ1n) is 16.6. The predicted octanol–water partition coefficient (Wildman–Crippen LogP) is 8.09. The van der Waals surface area contributed by atoms with Gasteiger partial charge in [0.25, 0.3) is 0 Å². The van der Waals surface area contributed by atoms with Crippen LogP contribution < -0.4 is 35.5 Å². The Kier molecular flexibility index (Phi) is 12.0. The lowest BCUT2D eigenvalue weighted by atomic mass is 10.1. The number of pyridine rings is 2. The Morgan fingerprint density at radius 3 is 1.73 bits per heavy atom. The Hall–Kier alpha value is -7.04.